The molecule has 4 heteroatoms. The van der Waals surface area contributed by atoms with Crippen molar-refractivity contribution < 1.29 is 14.3 Å². The normalized spacial score (nSPS) is 19.7. The van der Waals surface area contributed by atoms with E-state index in [0.717, 1.165) is 19.4 Å². The maximum atomic E-state index is 11.8. The number of hydrogen-bond acceptors (Lipinski definition) is 4. The topological polar surface area (TPSA) is 46.6 Å². The molecule has 0 amide bonds. The van der Waals surface area contributed by atoms with Gasteiger partial charge < -0.3 is 4.74 Å². The summed E-state index contributed by atoms with van der Waals surface area (Å²) in [5, 5.41) is 0. The first-order chi connectivity index (χ1) is 8.68. The maximum absolute atomic E-state index is 11.8. The number of rotatable bonds is 4. The van der Waals surface area contributed by atoms with E-state index in [1.165, 1.54) is 0 Å². The molecule has 1 heterocycles. The van der Waals surface area contributed by atoms with Crippen molar-refractivity contribution in [2.45, 2.75) is 18.9 Å². The molecule has 0 aromatic heterocycles. The van der Waals surface area contributed by atoms with E-state index in [1.807, 2.05) is 18.0 Å². The third-order valence-electron chi connectivity index (χ3n) is 3.23. The first-order valence-electron chi connectivity index (χ1n) is 6.13. The standard InChI is InChI=1S/C14H17NO3/c1-15-9-5-8-12(15)14(17)18-10-13(16)11-6-3-2-4-7-11/h2-4,6-7,12H,5,8-10H2,1H3/t12-/m0/s1. The van der Waals surface area contributed by atoms with Crippen LogP contribution in [0.5, 0.6) is 0 Å². The minimum atomic E-state index is -0.292. The van der Waals surface area contributed by atoms with Crippen molar-refractivity contribution >= 4 is 11.8 Å². The summed E-state index contributed by atoms with van der Waals surface area (Å²) in [5.74, 6) is -0.455. The number of ether oxygens (including phenoxy) is 1. The molecule has 1 aromatic rings. The zero-order valence-corrected chi connectivity index (χ0v) is 10.5. The number of benzene rings is 1. The molecule has 1 atom stereocenters. The quantitative estimate of drug-likeness (QED) is 0.597. The fourth-order valence-electron chi connectivity index (χ4n) is 2.15. The molecule has 0 bridgehead atoms. The second-order valence-corrected chi connectivity index (χ2v) is 4.54. The van der Waals surface area contributed by atoms with E-state index in [2.05, 4.69) is 0 Å². The predicted molar refractivity (Wildman–Crippen MR) is 67.4 cm³/mol. The second kappa shape index (κ2) is 5.78. The molecule has 1 aromatic carbocycles. The van der Waals surface area contributed by atoms with Gasteiger partial charge in [0, 0.05) is 5.56 Å². The van der Waals surface area contributed by atoms with Crippen molar-refractivity contribution in [3.8, 4) is 0 Å². The summed E-state index contributed by atoms with van der Waals surface area (Å²) in [5.41, 5.74) is 0.574. The van der Waals surface area contributed by atoms with Crippen molar-refractivity contribution in [3.05, 3.63) is 35.9 Å². The molecule has 2 rings (SSSR count). The van der Waals surface area contributed by atoms with Gasteiger partial charge in [-0.3, -0.25) is 14.5 Å². The smallest absolute Gasteiger partial charge is 0.323 e. The highest BCUT2D eigenvalue weighted by Gasteiger charge is 2.29. The van der Waals surface area contributed by atoms with Crippen LogP contribution in [0.4, 0.5) is 0 Å². The predicted octanol–water partition coefficient (Wildman–Crippen LogP) is 1.51. The summed E-state index contributed by atoms with van der Waals surface area (Å²) in [6.45, 7) is 0.736. The van der Waals surface area contributed by atoms with E-state index in [4.69, 9.17) is 4.74 Å². The van der Waals surface area contributed by atoms with Gasteiger partial charge in [0.15, 0.2) is 12.4 Å². The molecule has 0 spiro atoms. The van der Waals surface area contributed by atoms with Gasteiger partial charge in [-0.2, -0.15) is 0 Å². The van der Waals surface area contributed by atoms with Gasteiger partial charge in [0.05, 0.1) is 0 Å². The number of nitrogens with zero attached hydrogens (tertiary/aromatic N) is 1. The lowest BCUT2D eigenvalue weighted by Gasteiger charge is -2.17. The molecule has 1 fully saturated rings. The van der Waals surface area contributed by atoms with Crippen LogP contribution in [0.3, 0.4) is 0 Å². The van der Waals surface area contributed by atoms with E-state index >= 15 is 0 Å². The molecule has 0 aliphatic carbocycles. The van der Waals surface area contributed by atoms with Crippen LogP contribution < -0.4 is 0 Å². The van der Waals surface area contributed by atoms with Crippen LogP contribution >= 0.6 is 0 Å². The van der Waals surface area contributed by atoms with Gasteiger partial charge in [-0.25, -0.2) is 0 Å². The Morgan fingerprint density at radius 1 is 1.33 bits per heavy atom. The van der Waals surface area contributed by atoms with Gasteiger partial charge in [-0.05, 0) is 26.4 Å². The molecule has 96 valence electrons. The van der Waals surface area contributed by atoms with Gasteiger partial charge in [0.2, 0.25) is 0 Å². The minimum absolute atomic E-state index is 0.162. The van der Waals surface area contributed by atoms with Crippen LogP contribution in [0.15, 0.2) is 30.3 Å². The number of esters is 1. The average Bonchev–Trinajstić information content (AvgIpc) is 2.83. The number of carbonyl (C=O) groups excluding carboxylic acids is 2. The van der Waals surface area contributed by atoms with Crippen molar-refractivity contribution in [2.75, 3.05) is 20.2 Å². The number of ketones is 1. The number of likely N-dealkylation sites (N-methyl/N-ethyl adjacent to an activating group) is 1. The number of Topliss-reactive ketones (excluding diaryl/α,β-unsaturated/α-hetero) is 1. The van der Waals surface area contributed by atoms with E-state index in [1.54, 1.807) is 24.3 Å². The Hall–Kier alpha value is -1.68. The average molecular weight is 247 g/mol. The Balaban J connectivity index is 1.85. The van der Waals surface area contributed by atoms with Gasteiger partial charge >= 0.3 is 5.97 Å². The van der Waals surface area contributed by atoms with Gasteiger partial charge in [-0.15, -0.1) is 0 Å². The lowest BCUT2D eigenvalue weighted by Crippen LogP contribution is -2.35. The number of likely N-dealkylation sites (tertiary alicyclic amines) is 1. The van der Waals surface area contributed by atoms with E-state index < -0.39 is 0 Å². The molecule has 18 heavy (non-hydrogen) atoms. The van der Waals surface area contributed by atoms with Crippen LogP contribution in [0.25, 0.3) is 0 Å². The summed E-state index contributed by atoms with van der Waals surface area (Å²) >= 11 is 0. The minimum Gasteiger partial charge on any atom is -0.456 e. The molecule has 1 saturated heterocycles. The highest BCUT2D eigenvalue weighted by atomic mass is 16.5. The lowest BCUT2D eigenvalue weighted by molar-refractivity contribution is -0.147. The first kappa shape index (κ1) is 12.8. The highest BCUT2D eigenvalue weighted by molar-refractivity contribution is 5.98. The van der Waals surface area contributed by atoms with E-state index in [0.29, 0.717) is 5.56 Å². The third-order valence-corrected chi connectivity index (χ3v) is 3.23. The molecule has 0 N–H and O–H groups in total. The Morgan fingerprint density at radius 2 is 2.06 bits per heavy atom. The molecule has 0 unspecified atom stereocenters. The number of hydrogen-bond donors (Lipinski definition) is 0. The second-order valence-electron chi connectivity index (χ2n) is 4.54. The summed E-state index contributed by atoms with van der Waals surface area (Å²) in [7, 11) is 1.90. The molecule has 1 aliphatic rings. The van der Waals surface area contributed by atoms with E-state index in [-0.39, 0.29) is 24.4 Å². The van der Waals surface area contributed by atoms with Crippen LogP contribution in [-0.4, -0.2) is 42.9 Å². The first-order valence-corrected chi connectivity index (χ1v) is 6.13. The van der Waals surface area contributed by atoms with Gasteiger partial charge in [0.25, 0.3) is 0 Å². The number of carbonyl (C=O) groups is 2. The SMILES string of the molecule is CN1CCC[C@H]1C(=O)OCC(=O)c1ccccc1. The molecule has 0 saturated carbocycles. The van der Waals surface area contributed by atoms with Crippen LogP contribution in [-0.2, 0) is 9.53 Å². The molecular formula is C14H17NO3. The van der Waals surface area contributed by atoms with Crippen molar-refractivity contribution in [2.24, 2.45) is 0 Å². The summed E-state index contributed by atoms with van der Waals surface area (Å²) < 4.78 is 5.08. The van der Waals surface area contributed by atoms with E-state index in [9.17, 15) is 9.59 Å². The summed E-state index contributed by atoms with van der Waals surface area (Å²) in [6, 6.07) is 8.68. The van der Waals surface area contributed by atoms with Crippen molar-refractivity contribution in [1.29, 1.82) is 0 Å². The Morgan fingerprint density at radius 3 is 2.67 bits per heavy atom. The van der Waals surface area contributed by atoms with Crippen LogP contribution in [0.1, 0.15) is 23.2 Å². The van der Waals surface area contributed by atoms with Crippen LogP contribution in [0, 0.1) is 0 Å². The lowest BCUT2D eigenvalue weighted by atomic mass is 10.1. The summed E-state index contributed by atoms with van der Waals surface area (Å²) in [4.78, 5) is 25.5. The maximum Gasteiger partial charge on any atom is 0.323 e. The molecular weight excluding hydrogens is 230 g/mol. The molecule has 1 aliphatic heterocycles. The zero-order valence-electron chi connectivity index (χ0n) is 10.5. The third kappa shape index (κ3) is 2.96. The Bertz CT molecular complexity index is 430. The summed E-state index contributed by atoms with van der Waals surface area (Å²) in [6.07, 6.45) is 1.82. The van der Waals surface area contributed by atoms with Gasteiger partial charge in [-0.1, -0.05) is 30.3 Å². The monoisotopic (exact) mass is 247 g/mol. The Kier molecular flexibility index (Phi) is 4.10. The zero-order chi connectivity index (χ0) is 13.0. The fourth-order valence-corrected chi connectivity index (χ4v) is 2.15. The van der Waals surface area contributed by atoms with Crippen molar-refractivity contribution in [1.82, 2.24) is 4.90 Å². The van der Waals surface area contributed by atoms with Gasteiger partial charge in [0.1, 0.15) is 6.04 Å². The molecule has 4 nitrogen and oxygen atoms in total. The largest absolute Gasteiger partial charge is 0.456 e. The highest BCUT2D eigenvalue weighted by Crippen LogP contribution is 2.16. The fraction of sp³-hybridized carbons (Fsp3) is 0.429. The molecule has 0 radical (unpaired) electrons. The van der Waals surface area contributed by atoms with Crippen molar-refractivity contribution in [3.63, 3.8) is 0 Å². The van der Waals surface area contributed by atoms with Crippen LogP contribution in [0.2, 0.25) is 0 Å². The Labute approximate surface area is 107 Å².